The van der Waals surface area contributed by atoms with Gasteiger partial charge in [0.25, 0.3) is 6.01 Å². The van der Waals surface area contributed by atoms with Crippen LogP contribution in [0.25, 0.3) is 22.3 Å². The summed E-state index contributed by atoms with van der Waals surface area (Å²) in [7, 11) is 0. The smallest absolute Gasteiger partial charge is 0.297 e. The third-order valence-electron chi connectivity index (χ3n) is 4.57. The van der Waals surface area contributed by atoms with E-state index >= 15 is 0 Å². The van der Waals surface area contributed by atoms with Gasteiger partial charge in [-0.25, -0.2) is 4.39 Å². The number of benzene rings is 2. The summed E-state index contributed by atoms with van der Waals surface area (Å²) in [5.41, 5.74) is 3.43. The van der Waals surface area contributed by atoms with E-state index in [1.807, 2.05) is 42.5 Å². The van der Waals surface area contributed by atoms with Crippen molar-refractivity contribution in [2.24, 2.45) is 0 Å². The Morgan fingerprint density at radius 3 is 2.89 bits per heavy atom. The van der Waals surface area contributed by atoms with E-state index in [2.05, 4.69) is 14.5 Å². The zero-order chi connectivity index (χ0) is 18.2. The van der Waals surface area contributed by atoms with Gasteiger partial charge in [-0.2, -0.15) is 4.98 Å². The molecule has 6 heteroatoms. The molecule has 0 saturated carbocycles. The van der Waals surface area contributed by atoms with Gasteiger partial charge in [0.15, 0.2) is 6.10 Å². The summed E-state index contributed by atoms with van der Waals surface area (Å²) in [4.78, 5) is 8.85. The number of para-hydroxylation sites is 2. The van der Waals surface area contributed by atoms with Gasteiger partial charge in [0.2, 0.25) is 0 Å². The van der Waals surface area contributed by atoms with E-state index in [4.69, 9.17) is 9.47 Å². The van der Waals surface area contributed by atoms with Gasteiger partial charge in [-0.15, -0.1) is 0 Å². The molecule has 0 fully saturated rings. The van der Waals surface area contributed by atoms with Crippen molar-refractivity contribution in [3.05, 3.63) is 72.7 Å². The largest absolute Gasteiger partial charge is 0.488 e. The Balaban J connectivity index is 1.24. The molecular weight excluding hydrogens is 345 g/mol. The highest BCUT2D eigenvalue weighted by Crippen LogP contribution is 2.28. The maximum absolute atomic E-state index is 13.3. The summed E-state index contributed by atoms with van der Waals surface area (Å²) in [6.45, 7) is 1.10. The van der Waals surface area contributed by atoms with Gasteiger partial charge in [0.1, 0.15) is 18.2 Å². The zero-order valence-electron chi connectivity index (χ0n) is 14.4. The molecular formula is C21H16FN3O2. The Morgan fingerprint density at radius 2 is 2.04 bits per heavy atom. The van der Waals surface area contributed by atoms with E-state index in [9.17, 15) is 4.39 Å². The summed E-state index contributed by atoms with van der Waals surface area (Å²) in [6.07, 6.45) is 1.54. The van der Waals surface area contributed by atoms with Crippen LogP contribution in [0.3, 0.4) is 0 Å². The molecule has 1 aliphatic rings. The molecule has 1 atom stereocenters. The fraction of sp³-hybridized carbons (Fsp3) is 0.143. The van der Waals surface area contributed by atoms with Crippen LogP contribution in [0.15, 0.2) is 66.9 Å². The number of nitrogens with zero attached hydrogens (tertiary/aromatic N) is 3. The third kappa shape index (κ3) is 2.99. The number of aromatic nitrogens is 3. The van der Waals surface area contributed by atoms with Crippen LogP contribution in [0.5, 0.6) is 11.8 Å². The maximum Gasteiger partial charge on any atom is 0.297 e. The molecule has 3 heterocycles. The number of rotatable bonds is 4. The van der Waals surface area contributed by atoms with Crippen LogP contribution in [-0.4, -0.2) is 27.2 Å². The molecule has 0 saturated heterocycles. The molecule has 2 aromatic carbocycles. The lowest BCUT2D eigenvalue weighted by molar-refractivity contribution is 0.143. The first-order valence-corrected chi connectivity index (χ1v) is 8.73. The van der Waals surface area contributed by atoms with E-state index in [-0.39, 0.29) is 11.9 Å². The fourth-order valence-corrected chi connectivity index (χ4v) is 3.27. The van der Waals surface area contributed by atoms with Crippen LogP contribution in [0.4, 0.5) is 4.39 Å². The van der Waals surface area contributed by atoms with Crippen molar-refractivity contribution >= 4 is 11.0 Å². The summed E-state index contributed by atoms with van der Waals surface area (Å²) < 4.78 is 27.1. The fourth-order valence-electron chi connectivity index (χ4n) is 3.27. The van der Waals surface area contributed by atoms with Crippen LogP contribution in [0.1, 0.15) is 0 Å². The lowest BCUT2D eigenvalue weighted by atomic mass is 10.1. The second kappa shape index (κ2) is 6.39. The molecule has 0 N–H and O–H groups in total. The predicted molar refractivity (Wildman–Crippen MR) is 99.3 cm³/mol. The Bertz CT molecular complexity index is 1110. The SMILES string of the molecule is Fc1cccc(-c2ccc(OC[C@@H]3Cn4c(nc5ccccc54)O3)cn2)c1. The van der Waals surface area contributed by atoms with Crippen molar-refractivity contribution < 1.29 is 13.9 Å². The van der Waals surface area contributed by atoms with Crippen molar-refractivity contribution in [2.75, 3.05) is 6.61 Å². The summed E-state index contributed by atoms with van der Waals surface area (Å²) >= 11 is 0. The number of pyridine rings is 1. The molecule has 4 aromatic rings. The van der Waals surface area contributed by atoms with Crippen molar-refractivity contribution in [3.63, 3.8) is 0 Å². The topological polar surface area (TPSA) is 49.2 Å². The molecule has 2 aromatic heterocycles. The molecule has 0 radical (unpaired) electrons. The monoisotopic (exact) mass is 361 g/mol. The van der Waals surface area contributed by atoms with Gasteiger partial charge in [-0.3, -0.25) is 9.55 Å². The van der Waals surface area contributed by atoms with Gasteiger partial charge in [0, 0.05) is 5.56 Å². The molecule has 5 rings (SSSR count). The Hall–Kier alpha value is -3.41. The number of hydrogen-bond donors (Lipinski definition) is 0. The predicted octanol–water partition coefficient (Wildman–Crippen LogP) is 4.08. The Morgan fingerprint density at radius 1 is 1.11 bits per heavy atom. The standard InChI is InChI=1S/C21H16FN3O2/c22-15-5-3-4-14(10-15)18-9-8-16(11-23-18)26-13-17-12-25-20-7-2-1-6-19(20)24-21(25)27-17/h1-11,17H,12-13H2/t17-/m0/s1. The quantitative estimate of drug-likeness (QED) is 0.550. The first kappa shape index (κ1) is 15.8. The van der Waals surface area contributed by atoms with Gasteiger partial charge in [-0.1, -0.05) is 24.3 Å². The van der Waals surface area contributed by atoms with E-state index in [0.29, 0.717) is 30.6 Å². The first-order chi connectivity index (χ1) is 13.3. The Labute approximate surface area is 155 Å². The summed E-state index contributed by atoms with van der Waals surface area (Å²) in [5.74, 6) is 0.367. The van der Waals surface area contributed by atoms with Crippen molar-refractivity contribution in [3.8, 4) is 23.0 Å². The van der Waals surface area contributed by atoms with Crippen molar-refractivity contribution in [1.29, 1.82) is 0 Å². The first-order valence-electron chi connectivity index (χ1n) is 8.73. The number of hydrogen-bond acceptors (Lipinski definition) is 4. The van der Waals surface area contributed by atoms with Gasteiger partial charge in [-0.05, 0) is 36.4 Å². The highest BCUT2D eigenvalue weighted by molar-refractivity contribution is 5.76. The minimum Gasteiger partial charge on any atom is -0.488 e. The highest BCUT2D eigenvalue weighted by atomic mass is 19.1. The molecule has 27 heavy (non-hydrogen) atoms. The van der Waals surface area contributed by atoms with Crippen LogP contribution < -0.4 is 9.47 Å². The van der Waals surface area contributed by atoms with Crippen LogP contribution in [-0.2, 0) is 6.54 Å². The second-order valence-corrected chi connectivity index (χ2v) is 6.43. The zero-order valence-corrected chi connectivity index (χ0v) is 14.4. The van der Waals surface area contributed by atoms with Gasteiger partial charge < -0.3 is 9.47 Å². The highest BCUT2D eigenvalue weighted by Gasteiger charge is 2.26. The number of halogens is 1. The normalized spacial score (nSPS) is 15.5. The number of fused-ring (bicyclic) bond motifs is 3. The van der Waals surface area contributed by atoms with E-state index in [1.54, 1.807) is 12.3 Å². The second-order valence-electron chi connectivity index (χ2n) is 6.43. The average Bonchev–Trinajstić information content (AvgIpc) is 3.24. The average molecular weight is 361 g/mol. The van der Waals surface area contributed by atoms with Crippen LogP contribution in [0.2, 0.25) is 0 Å². The molecule has 0 aliphatic carbocycles. The van der Waals surface area contributed by atoms with E-state index in [1.165, 1.54) is 12.1 Å². The molecule has 1 aliphatic heterocycles. The lowest BCUT2D eigenvalue weighted by Crippen LogP contribution is -2.23. The van der Waals surface area contributed by atoms with E-state index in [0.717, 1.165) is 16.6 Å². The molecule has 134 valence electrons. The van der Waals surface area contributed by atoms with Crippen LogP contribution in [0, 0.1) is 5.82 Å². The molecule has 0 spiro atoms. The third-order valence-corrected chi connectivity index (χ3v) is 4.57. The molecule has 0 amide bonds. The van der Waals surface area contributed by atoms with E-state index < -0.39 is 0 Å². The Kier molecular flexibility index (Phi) is 3.74. The van der Waals surface area contributed by atoms with Crippen molar-refractivity contribution in [1.82, 2.24) is 14.5 Å². The van der Waals surface area contributed by atoms with Crippen LogP contribution >= 0.6 is 0 Å². The minimum atomic E-state index is -0.280. The number of ether oxygens (including phenoxy) is 2. The lowest BCUT2D eigenvalue weighted by Gasteiger charge is -2.11. The van der Waals surface area contributed by atoms with Gasteiger partial charge >= 0.3 is 0 Å². The summed E-state index contributed by atoms with van der Waals surface area (Å²) in [5, 5.41) is 0. The molecule has 0 unspecified atom stereocenters. The maximum atomic E-state index is 13.3. The number of imidazole rings is 1. The van der Waals surface area contributed by atoms with Crippen molar-refractivity contribution in [2.45, 2.75) is 12.6 Å². The van der Waals surface area contributed by atoms with Gasteiger partial charge in [0.05, 0.1) is 29.5 Å². The molecule has 5 nitrogen and oxygen atoms in total. The molecule has 0 bridgehead atoms. The minimum absolute atomic E-state index is 0.0972. The summed E-state index contributed by atoms with van der Waals surface area (Å²) in [6, 6.07) is 18.6.